The summed E-state index contributed by atoms with van der Waals surface area (Å²) in [6.45, 7) is 1.71. The number of amides is 1. The third-order valence-electron chi connectivity index (χ3n) is 2.50. The highest BCUT2D eigenvalue weighted by Gasteiger charge is 2.14. The number of aliphatic hydroxyl groups is 1. The number of aliphatic hydroxyl groups excluding tert-OH is 1. The van der Waals surface area contributed by atoms with Crippen LogP contribution in [0.15, 0.2) is 12.3 Å². The Labute approximate surface area is 106 Å². The summed E-state index contributed by atoms with van der Waals surface area (Å²) >= 11 is 0. The Morgan fingerprint density at radius 3 is 2.72 bits per heavy atom. The minimum absolute atomic E-state index is 0.0935. The zero-order chi connectivity index (χ0) is 13.7. The van der Waals surface area contributed by atoms with Gasteiger partial charge in [0, 0.05) is 32.5 Å². The molecule has 1 amide bonds. The molecule has 1 aromatic heterocycles. The van der Waals surface area contributed by atoms with Gasteiger partial charge >= 0.3 is 0 Å². The number of hydrogen-bond acceptors (Lipinski definition) is 4. The summed E-state index contributed by atoms with van der Waals surface area (Å²) in [4.78, 5) is 23.0. The molecule has 0 radical (unpaired) electrons. The average molecular weight is 254 g/mol. The molecule has 1 unspecified atom stereocenters. The first-order chi connectivity index (χ1) is 8.45. The van der Waals surface area contributed by atoms with Gasteiger partial charge in [0.1, 0.15) is 5.69 Å². The van der Waals surface area contributed by atoms with E-state index in [0.717, 1.165) is 0 Å². The van der Waals surface area contributed by atoms with Gasteiger partial charge in [0.25, 0.3) is 5.91 Å². The molecular formula is C12H18N2O4. The maximum absolute atomic E-state index is 11.8. The van der Waals surface area contributed by atoms with Crippen LogP contribution in [0.5, 0.6) is 0 Å². The van der Waals surface area contributed by atoms with Gasteiger partial charge in [-0.25, -0.2) is 0 Å². The number of ketones is 1. The number of carbonyl (C=O) groups excluding carboxylic acids is 2. The van der Waals surface area contributed by atoms with E-state index in [0.29, 0.717) is 11.3 Å². The third-order valence-corrected chi connectivity index (χ3v) is 2.50. The number of ether oxygens (including phenoxy) is 1. The van der Waals surface area contributed by atoms with E-state index in [1.165, 1.54) is 20.1 Å². The number of nitrogens with zero attached hydrogens (tertiary/aromatic N) is 1. The number of hydrogen-bond donors (Lipinski definition) is 2. The quantitative estimate of drug-likeness (QED) is 0.698. The fourth-order valence-corrected chi connectivity index (χ4v) is 1.54. The van der Waals surface area contributed by atoms with Crippen LogP contribution in [0.4, 0.5) is 0 Å². The molecule has 0 saturated heterocycles. The molecule has 6 nitrogen and oxygen atoms in total. The van der Waals surface area contributed by atoms with E-state index in [2.05, 4.69) is 5.32 Å². The van der Waals surface area contributed by atoms with Crippen molar-refractivity contribution in [2.75, 3.05) is 20.3 Å². The van der Waals surface area contributed by atoms with Crippen molar-refractivity contribution in [2.24, 2.45) is 7.05 Å². The molecule has 1 rings (SSSR count). The Morgan fingerprint density at radius 2 is 2.22 bits per heavy atom. The van der Waals surface area contributed by atoms with Crippen molar-refractivity contribution in [1.29, 1.82) is 0 Å². The second kappa shape index (κ2) is 6.32. The minimum atomic E-state index is -0.744. The first-order valence-corrected chi connectivity index (χ1v) is 5.58. The lowest BCUT2D eigenvalue weighted by Gasteiger charge is -2.10. The maximum atomic E-state index is 11.8. The Morgan fingerprint density at radius 1 is 1.56 bits per heavy atom. The second-order valence-electron chi connectivity index (χ2n) is 4.10. The number of aryl methyl sites for hydroxylation is 1. The van der Waals surface area contributed by atoms with Crippen molar-refractivity contribution in [3.05, 3.63) is 23.5 Å². The van der Waals surface area contributed by atoms with Crippen molar-refractivity contribution in [3.8, 4) is 0 Å². The van der Waals surface area contributed by atoms with E-state index >= 15 is 0 Å². The van der Waals surface area contributed by atoms with Gasteiger partial charge in [-0.05, 0) is 13.0 Å². The van der Waals surface area contributed by atoms with E-state index in [1.54, 1.807) is 17.8 Å². The van der Waals surface area contributed by atoms with Gasteiger partial charge in [-0.15, -0.1) is 0 Å². The van der Waals surface area contributed by atoms with Crippen LogP contribution in [-0.4, -0.2) is 47.7 Å². The number of Topliss-reactive ketones (excluding diaryl/α,β-unsaturated/α-hetero) is 1. The summed E-state index contributed by atoms with van der Waals surface area (Å²) < 4.78 is 6.33. The molecule has 0 aliphatic rings. The molecule has 100 valence electrons. The van der Waals surface area contributed by atoms with E-state index in [9.17, 15) is 14.7 Å². The summed E-state index contributed by atoms with van der Waals surface area (Å²) in [5, 5.41) is 12.0. The zero-order valence-electron chi connectivity index (χ0n) is 10.8. The lowest BCUT2D eigenvalue weighted by atomic mass is 10.2. The van der Waals surface area contributed by atoms with Crippen molar-refractivity contribution in [1.82, 2.24) is 9.88 Å². The van der Waals surface area contributed by atoms with Crippen LogP contribution in [0.2, 0.25) is 0 Å². The van der Waals surface area contributed by atoms with Gasteiger partial charge in [-0.3, -0.25) is 9.59 Å². The molecule has 0 aliphatic heterocycles. The number of rotatable bonds is 6. The van der Waals surface area contributed by atoms with Gasteiger partial charge in [-0.1, -0.05) is 0 Å². The molecule has 0 aromatic carbocycles. The maximum Gasteiger partial charge on any atom is 0.268 e. The first-order valence-electron chi connectivity index (χ1n) is 5.58. The molecular weight excluding hydrogens is 236 g/mol. The average Bonchev–Trinajstić information content (AvgIpc) is 2.69. The van der Waals surface area contributed by atoms with E-state index < -0.39 is 6.10 Å². The lowest BCUT2D eigenvalue weighted by Crippen LogP contribution is -2.35. The fraction of sp³-hybridized carbons (Fsp3) is 0.500. The molecule has 1 aromatic rings. The Kier molecular flexibility index (Phi) is 5.06. The Balaban J connectivity index is 2.64. The summed E-state index contributed by atoms with van der Waals surface area (Å²) in [7, 11) is 3.16. The highest BCUT2D eigenvalue weighted by atomic mass is 16.5. The third kappa shape index (κ3) is 3.68. The van der Waals surface area contributed by atoms with Crippen LogP contribution in [0.25, 0.3) is 0 Å². The summed E-state index contributed by atoms with van der Waals surface area (Å²) in [6.07, 6.45) is 0.856. The predicted molar refractivity (Wildman–Crippen MR) is 65.6 cm³/mol. The van der Waals surface area contributed by atoms with Gasteiger partial charge < -0.3 is 19.7 Å². The molecule has 0 fully saturated rings. The topological polar surface area (TPSA) is 80.6 Å². The SMILES string of the molecule is COCC(O)CNC(=O)c1cc(C(C)=O)cn1C. The molecule has 0 bridgehead atoms. The van der Waals surface area contributed by atoms with Crippen molar-refractivity contribution >= 4 is 11.7 Å². The molecule has 2 N–H and O–H groups in total. The second-order valence-corrected chi connectivity index (χ2v) is 4.10. The van der Waals surface area contributed by atoms with Crippen LogP contribution in [0, 0.1) is 0 Å². The minimum Gasteiger partial charge on any atom is -0.389 e. The van der Waals surface area contributed by atoms with Crippen molar-refractivity contribution in [3.63, 3.8) is 0 Å². The van der Waals surface area contributed by atoms with E-state index in [1.807, 2.05) is 0 Å². The van der Waals surface area contributed by atoms with Crippen LogP contribution in [0.3, 0.4) is 0 Å². The first kappa shape index (κ1) is 14.4. The van der Waals surface area contributed by atoms with Crippen LogP contribution >= 0.6 is 0 Å². The summed E-state index contributed by atoms with van der Waals surface area (Å²) in [5.74, 6) is -0.427. The lowest BCUT2D eigenvalue weighted by molar-refractivity contribution is 0.0608. The molecule has 1 atom stereocenters. The van der Waals surface area contributed by atoms with E-state index in [4.69, 9.17) is 4.74 Å². The molecule has 18 heavy (non-hydrogen) atoms. The van der Waals surface area contributed by atoms with Gasteiger partial charge in [-0.2, -0.15) is 0 Å². The molecule has 6 heteroatoms. The monoisotopic (exact) mass is 254 g/mol. The van der Waals surface area contributed by atoms with E-state index in [-0.39, 0.29) is 24.8 Å². The predicted octanol–water partition coefficient (Wildman–Crippen LogP) is -0.0352. The smallest absolute Gasteiger partial charge is 0.268 e. The summed E-state index contributed by atoms with van der Waals surface area (Å²) in [5.41, 5.74) is 0.866. The Bertz CT molecular complexity index is 439. The largest absolute Gasteiger partial charge is 0.389 e. The highest BCUT2D eigenvalue weighted by Crippen LogP contribution is 2.07. The fourth-order valence-electron chi connectivity index (χ4n) is 1.54. The number of nitrogens with one attached hydrogen (secondary N) is 1. The van der Waals surface area contributed by atoms with Crippen molar-refractivity contribution < 1.29 is 19.4 Å². The number of methoxy groups -OCH3 is 1. The van der Waals surface area contributed by atoms with Crippen molar-refractivity contribution in [2.45, 2.75) is 13.0 Å². The highest BCUT2D eigenvalue weighted by molar-refractivity contribution is 5.99. The van der Waals surface area contributed by atoms with Crippen LogP contribution in [-0.2, 0) is 11.8 Å². The number of aromatic nitrogens is 1. The van der Waals surface area contributed by atoms with Gasteiger partial charge in [0.2, 0.25) is 0 Å². The molecule has 0 spiro atoms. The normalized spacial score (nSPS) is 12.2. The van der Waals surface area contributed by atoms with Crippen LogP contribution in [0.1, 0.15) is 27.8 Å². The van der Waals surface area contributed by atoms with Crippen LogP contribution < -0.4 is 5.32 Å². The standard InChI is InChI=1S/C12H18N2O4/c1-8(15)9-4-11(14(2)6-9)12(17)13-5-10(16)7-18-3/h4,6,10,16H,5,7H2,1-3H3,(H,13,17). The molecule has 1 heterocycles. The van der Waals surface area contributed by atoms with Gasteiger partial charge in [0.05, 0.1) is 12.7 Å². The number of carbonyl (C=O) groups is 2. The Hall–Kier alpha value is -1.66. The zero-order valence-corrected chi connectivity index (χ0v) is 10.8. The molecule has 0 aliphatic carbocycles. The summed E-state index contributed by atoms with van der Waals surface area (Å²) in [6, 6.07) is 1.53. The van der Waals surface area contributed by atoms with Gasteiger partial charge in [0.15, 0.2) is 5.78 Å². The molecule has 0 saturated carbocycles.